The Morgan fingerprint density at radius 2 is 0.550 bits per heavy atom. The smallest absolute Gasteiger partial charge is 0.462 e. The van der Waals surface area contributed by atoms with Crippen LogP contribution in [0.1, 0.15) is 297 Å². The van der Waals surface area contributed by atoms with Gasteiger partial charge in [0.15, 0.2) is 12.2 Å². The van der Waals surface area contributed by atoms with E-state index in [0.29, 0.717) is 32.1 Å². The second kappa shape index (κ2) is 72.5. The van der Waals surface area contributed by atoms with Crippen molar-refractivity contribution in [3.8, 4) is 0 Å². The van der Waals surface area contributed by atoms with Crippen molar-refractivity contribution in [2.45, 2.75) is 316 Å². The number of hydrogen-bond acceptors (Lipinski definition) is 15. The minimum Gasteiger partial charge on any atom is -0.462 e. The topological polar surface area (TPSA) is 237 Å². The maximum absolute atomic E-state index is 13.1. The number of phosphoric ester groups is 2. The molecule has 17 nitrogen and oxygen atoms in total. The summed E-state index contributed by atoms with van der Waals surface area (Å²) in [5, 5.41) is 10.6. The van der Waals surface area contributed by atoms with E-state index < -0.39 is 97.5 Å². The summed E-state index contributed by atoms with van der Waals surface area (Å²) in [5.74, 6) is -2.28. The number of carbonyl (C=O) groups is 4. The summed E-state index contributed by atoms with van der Waals surface area (Å²) in [6.07, 6.45) is 80.2. The summed E-state index contributed by atoms with van der Waals surface area (Å²) >= 11 is 0. The van der Waals surface area contributed by atoms with Gasteiger partial charge in [0, 0.05) is 25.7 Å². The Balaban J connectivity index is 5.41. The fourth-order valence-corrected chi connectivity index (χ4v) is 11.4. The van der Waals surface area contributed by atoms with Crippen LogP contribution >= 0.6 is 15.6 Å². The van der Waals surface area contributed by atoms with Gasteiger partial charge in [0.05, 0.1) is 26.4 Å². The minimum absolute atomic E-state index is 0.0690. The van der Waals surface area contributed by atoms with Gasteiger partial charge in [0.2, 0.25) is 0 Å². The van der Waals surface area contributed by atoms with Crippen molar-refractivity contribution < 1.29 is 80.2 Å². The fraction of sp³-hybridized carbons (Fsp3) is 0.679. The molecule has 0 saturated heterocycles. The third kappa shape index (κ3) is 71.6. The molecule has 5 unspecified atom stereocenters. The molecule has 0 aliphatic carbocycles. The fourth-order valence-electron chi connectivity index (χ4n) is 9.81. The van der Waals surface area contributed by atoms with Gasteiger partial charge in [-0.15, -0.1) is 0 Å². The van der Waals surface area contributed by atoms with Crippen molar-refractivity contribution in [1.29, 1.82) is 0 Å². The lowest BCUT2D eigenvalue weighted by Crippen LogP contribution is -2.30. The molecule has 0 amide bonds. The zero-order chi connectivity index (χ0) is 73.2. The molecule has 0 bridgehead atoms. The summed E-state index contributed by atoms with van der Waals surface area (Å²) in [4.78, 5) is 72.9. The lowest BCUT2D eigenvalue weighted by molar-refractivity contribution is -0.161. The van der Waals surface area contributed by atoms with E-state index in [1.165, 1.54) is 51.4 Å². The molecule has 0 rings (SSSR count). The highest BCUT2D eigenvalue weighted by Gasteiger charge is 2.30. The maximum atomic E-state index is 13.1. The van der Waals surface area contributed by atoms with Crippen LogP contribution in [0.2, 0.25) is 0 Å². The number of allylic oxidation sites excluding steroid dienone is 22. The standard InChI is InChI=1S/C81H136O17P2/c1-5-9-13-17-21-25-29-33-35-37-39-43-45-49-53-57-61-65-78(83)91-71-76(97-80(85)67-63-59-55-51-47-41-31-27-23-19-15-11-7-3)73-95-99(87,88)93-69-75(82)70-94-100(89,90)96-74-77(98-81(86)68-64-60-56-52-48-42-32-28-24-20-16-12-8-4)72-92-79(84)66-62-58-54-50-46-44-40-38-36-34-30-26-22-18-14-10-6-2/h9-10,13-15,19,21-22,25-27,31,33-36,39-40,43-44,50,54,75-77,82H,5-8,11-12,16-18,20,23-24,28-30,32,37-38,41-42,45-49,51-53,55-74H2,1-4H3,(H,87,88)(H,89,90)/b13-9-,14-10-,19-15-,25-21-,26-22-,31-27-,35-33-,36-34-,43-39-,44-40-,54-50-. The molecule has 5 atom stereocenters. The number of rotatable bonds is 71. The molecule has 19 heteroatoms. The molecule has 0 aromatic rings. The maximum Gasteiger partial charge on any atom is 0.472 e. The van der Waals surface area contributed by atoms with Crippen molar-refractivity contribution in [2.24, 2.45) is 0 Å². The Morgan fingerprint density at radius 1 is 0.290 bits per heavy atom. The average molecular weight is 1440 g/mol. The van der Waals surface area contributed by atoms with Crippen LogP contribution in [-0.4, -0.2) is 96.7 Å². The SMILES string of the molecule is CC/C=C\C/C=C\C/C=C\C/C=C\C/C=C\CCCC(=O)OCC(COP(=O)(O)OCC(O)COP(=O)(O)OCC(COC(=O)CCCCCC/C=C\C/C=C\C/C=C\C/C=C\CC)OC(=O)CCCCCCC/C=C\C/C=C\CCC)OC(=O)CCCCCCCCCCCCCCC. The Morgan fingerprint density at radius 3 is 0.880 bits per heavy atom. The Kier molecular flexibility index (Phi) is 69.1. The van der Waals surface area contributed by atoms with Crippen LogP contribution in [0.5, 0.6) is 0 Å². The summed E-state index contributed by atoms with van der Waals surface area (Å²) in [6.45, 7) is 4.47. The molecule has 0 aliphatic rings. The molecule has 0 saturated carbocycles. The minimum atomic E-state index is -4.99. The first-order chi connectivity index (χ1) is 48.7. The van der Waals surface area contributed by atoms with E-state index in [9.17, 15) is 43.2 Å². The van der Waals surface area contributed by atoms with Crippen molar-refractivity contribution in [3.63, 3.8) is 0 Å². The molecule has 0 aliphatic heterocycles. The first kappa shape index (κ1) is 95.2. The molecule has 0 heterocycles. The zero-order valence-electron chi connectivity index (χ0n) is 62.3. The van der Waals surface area contributed by atoms with E-state index in [4.69, 9.17) is 37.0 Å². The van der Waals surface area contributed by atoms with E-state index in [1.54, 1.807) is 0 Å². The summed E-state index contributed by atoms with van der Waals surface area (Å²) in [5.41, 5.74) is 0. The zero-order valence-corrected chi connectivity index (χ0v) is 64.1. The van der Waals surface area contributed by atoms with Gasteiger partial charge < -0.3 is 33.8 Å². The van der Waals surface area contributed by atoms with Crippen molar-refractivity contribution in [2.75, 3.05) is 39.6 Å². The van der Waals surface area contributed by atoms with Gasteiger partial charge in [-0.05, 0) is 128 Å². The second-order valence-electron chi connectivity index (χ2n) is 25.2. The van der Waals surface area contributed by atoms with Gasteiger partial charge in [-0.2, -0.15) is 0 Å². The number of hydrogen-bond donors (Lipinski definition) is 3. The van der Waals surface area contributed by atoms with E-state index >= 15 is 0 Å². The Labute approximate surface area is 605 Å². The van der Waals surface area contributed by atoms with E-state index in [1.807, 2.05) is 12.2 Å². The largest absolute Gasteiger partial charge is 0.472 e. The van der Waals surface area contributed by atoms with Crippen LogP contribution in [0, 0.1) is 0 Å². The second-order valence-corrected chi connectivity index (χ2v) is 28.1. The lowest BCUT2D eigenvalue weighted by atomic mass is 10.0. The molecule has 0 spiro atoms. The summed E-state index contributed by atoms with van der Waals surface area (Å²) in [6, 6.07) is 0. The van der Waals surface area contributed by atoms with Crippen LogP contribution in [0.25, 0.3) is 0 Å². The average Bonchev–Trinajstić information content (AvgIpc) is 0.943. The number of phosphoric acid groups is 2. The normalized spacial score (nSPS) is 14.7. The van der Waals surface area contributed by atoms with Crippen LogP contribution in [-0.2, 0) is 65.4 Å². The van der Waals surface area contributed by atoms with Crippen molar-refractivity contribution >= 4 is 39.5 Å². The first-order valence-electron chi connectivity index (χ1n) is 38.4. The van der Waals surface area contributed by atoms with Crippen LogP contribution in [0.3, 0.4) is 0 Å². The Hall–Kier alpha value is -4.80. The number of ether oxygens (including phenoxy) is 4. The monoisotopic (exact) mass is 1440 g/mol. The quantitative estimate of drug-likeness (QED) is 0.0169. The van der Waals surface area contributed by atoms with E-state index in [2.05, 4.69) is 149 Å². The first-order valence-corrected chi connectivity index (χ1v) is 41.4. The number of aliphatic hydroxyl groups excluding tert-OH is 1. The van der Waals surface area contributed by atoms with Crippen molar-refractivity contribution in [3.05, 3.63) is 134 Å². The van der Waals surface area contributed by atoms with E-state index in [0.717, 1.165) is 161 Å². The van der Waals surface area contributed by atoms with Crippen LogP contribution in [0.15, 0.2) is 134 Å². The number of esters is 4. The lowest BCUT2D eigenvalue weighted by Gasteiger charge is -2.21. The number of aliphatic hydroxyl groups is 1. The van der Waals surface area contributed by atoms with Gasteiger partial charge >= 0.3 is 39.5 Å². The van der Waals surface area contributed by atoms with Gasteiger partial charge in [0.1, 0.15) is 19.3 Å². The molecule has 100 heavy (non-hydrogen) atoms. The number of unbranched alkanes of at least 4 members (excludes halogenated alkanes) is 23. The predicted octanol–water partition coefficient (Wildman–Crippen LogP) is 22.1. The molecule has 0 radical (unpaired) electrons. The molecule has 0 fully saturated rings. The highest BCUT2D eigenvalue weighted by Crippen LogP contribution is 2.45. The molecule has 0 aromatic carbocycles. The third-order valence-corrected chi connectivity index (χ3v) is 17.5. The van der Waals surface area contributed by atoms with Gasteiger partial charge in [0.25, 0.3) is 0 Å². The molecule has 3 N–H and O–H groups in total. The summed E-state index contributed by atoms with van der Waals surface area (Å²) < 4.78 is 68.4. The van der Waals surface area contributed by atoms with Gasteiger partial charge in [-0.25, -0.2) is 9.13 Å². The predicted molar refractivity (Wildman–Crippen MR) is 408 cm³/mol. The molecule has 572 valence electrons. The summed E-state index contributed by atoms with van der Waals surface area (Å²) in [7, 11) is -9.98. The Bertz CT molecular complexity index is 2420. The van der Waals surface area contributed by atoms with Crippen molar-refractivity contribution in [1.82, 2.24) is 0 Å². The van der Waals surface area contributed by atoms with Gasteiger partial charge in [-0.3, -0.25) is 37.3 Å². The molecular weight excluding hydrogens is 1310 g/mol. The highest BCUT2D eigenvalue weighted by atomic mass is 31.2. The van der Waals surface area contributed by atoms with Crippen LogP contribution in [0.4, 0.5) is 0 Å². The highest BCUT2D eigenvalue weighted by molar-refractivity contribution is 7.47. The molecule has 0 aromatic heterocycles. The van der Waals surface area contributed by atoms with E-state index in [-0.39, 0.29) is 25.7 Å². The molecular formula is C81H136O17P2. The van der Waals surface area contributed by atoms with Gasteiger partial charge in [-0.1, -0.05) is 277 Å². The number of carbonyl (C=O) groups excluding carboxylic acids is 4. The third-order valence-electron chi connectivity index (χ3n) is 15.6. The van der Waals surface area contributed by atoms with Crippen LogP contribution < -0.4 is 0 Å².